The molecule has 0 atom stereocenters. The zero-order valence-corrected chi connectivity index (χ0v) is 21.8. The highest BCUT2D eigenvalue weighted by Gasteiger charge is 2.17. The van der Waals surface area contributed by atoms with E-state index in [2.05, 4.69) is 77.0 Å². The van der Waals surface area contributed by atoms with E-state index in [1.165, 1.54) is 22.9 Å². The van der Waals surface area contributed by atoms with Gasteiger partial charge in [0.25, 0.3) is 5.91 Å². The number of amides is 1. The third-order valence-electron chi connectivity index (χ3n) is 6.10. The van der Waals surface area contributed by atoms with Crippen LogP contribution in [-0.4, -0.2) is 32.1 Å². The maximum Gasteiger partial charge on any atom is 0.250 e. The lowest BCUT2D eigenvalue weighted by Gasteiger charge is -2.11. The van der Waals surface area contributed by atoms with E-state index >= 15 is 0 Å². The summed E-state index contributed by atoms with van der Waals surface area (Å²) in [4.78, 5) is 12.7. The molecule has 184 valence electrons. The third kappa shape index (κ3) is 5.47. The molecular formula is C30H27N5OS. The van der Waals surface area contributed by atoms with Gasteiger partial charge in [-0.3, -0.25) is 9.36 Å². The van der Waals surface area contributed by atoms with Gasteiger partial charge in [0.05, 0.1) is 11.5 Å². The number of thioether (sulfide) groups is 1. The van der Waals surface area contributed by atoms with Crippen molar-refractivity contribution in [2.24, 2.45) is 5.10 Å². The first-order valence-corrected chi connectivity index (χ1v) is 13.0. The Bertz CT molecular complexity index is 1580. The number of benzene rings is 4. The van der Waals surface area contributed by atoms with Crippen molar-refractivity contribution in [3.8, 4) is 17.1 Å². The molecule has 1 amide bonds. The molecule has 5 rings (SSSR count). The fourth-order valence-electron chi connectivity index (χ4n) is 4.09. The summed E-state index contributed by atoms with van der Waals surface area (Å²) < 4.78 is 1.99. The summed E-state index contributed by atoms with van der Waals surface area (Å²) in [6.45, 7) is 6.01. The Morgan fingerprint density at radius 1 is 0.865 bits per heavy atom. The van der Waals surface area contributed by atoms with Crippen LogP contribution in [0.1, 0.15) is 23.6 Å². The van der Waals surface area contributed by atoms with Crippen molar-refractivity contribution in [2.45, 2.75) is 25.9 Å². The Balaban J connectivity index is 1.35. The van der Waals surface area contributed by atoms with Crippen LogP contribution in [0.4, 0.5) is 0 Å². The Morgan fingerprint density at radius 2 is 1.54 bits per heavy atom. The van der Waals surface area contributed by atoms with Crippen LogP contribution in [-0.2, 0) is 4.79 Å². The number of aryl methyl sites for hydroxylation is 2. The van der Waals surface area contributed by atoms with Crippen molar-refractivity contribution in [2.75, 3.05) is 5.75 Å². The predicted molar refractivity (Wildman–Crippen MR) is 151 cm³/mol. The maximum absolute atomic E-state index is 12.7. The second kappa shape index (κ2) is 10.8. The van der Waals surface area contributed by atoms with Gasteiger partial charge in [-0.05, 0) is 43.7 Å². The molecule has 0 saturated heterocycles. The van der Waals surface area contributed by atoms with Crippen molar-refractivity contribution >= 4 is 34.2 Å². The quantitative estimate of drug-likeness (QED) is 0.159. The van der Waals surface area contributed by atoms with Crippen LogP contribution in [0.25, 0.3) is 27.8 Å². The molecule has 0 unspecified atom stereocenters. The fraction of sp³-hybridized carbons (Fsp3) is 0.133. The van der Waals surface area contributed by atoms with Gasteiger partial charge in [0.15, 0.2) is 11.0 Å². The van der Waals surface area contributed by atoms with Gasteiger partial charge in [0, 0.05) is 16.8 Å². The van der Waals surface area contributed by atoms with Crippen LogP contribution in [0.15, 0.2) is 101 Å². The molecule has 0 aliphatic rings. The summed E-state index contributed by atoms with van der Waals surface area (Å²) in [6.07, 6.45) is 0. The van der Waals surface area contributed by atoms with Crippen molar-refractivity contribution in [3.05, 3.63) is 108 Å². The highest BCUT2D eigenvalue weighted by molar-refractivity contribution is 7.99. The summed E-state index contributed by atoms with van der Waals surface area (Å²) >= 11 is 1.33. The van der Waals surface area contributed by atoms with Crippen LogP contribution >= 0.6 is 11.8 Å². The van der Waals surface area contributed by atoms with Gasteiger partial charge >= 0.3 is 0 Å². The Hall–Kier alpha value is -4.23. The van der Waals surface area contributed by atoms with E-state index in [1.807, 2.05) is 60.0 Å². The summed E-state index contributed by atoms with van der Waals surface area (Å²) in [7, 11) is 0. The number of carbonyl (C=O) groups is 1. The standard InChI is InChI=1S/C30H27N5OS/c1-20-11-15-24(16-12-20)29-33-34-30(35(29)25-17-13-21(2)14-18-25)37-19-28(36)32-31-22(3)26-10-6-8-23-7-4-5-9-27(23)26/h4-18H,19H2,1-3H3,(H,32,36). The number of nitrogens with zero attached hydrogens (tertiary/aromatic N) is 4. The third-order valence-corrected chi connectivity index (χ3v) is 7.02. The maximum atomic E-state index is 12.7. The first-order chi connectivity index (χ1) is 18.0. The largest absolute Gasteiger partial charge is 0.272 e. The van der Waals surface area contributed by atoms with Gasteiger partial charge in [-0.2, -0.15) is 5.10 Å². The van der Waals surface area contributed by atoms with Gasteiger partial charge in [-0.1, -0.05) is 102 Å². The molecule has 0 bridgehead atoms. The molecule has 0 radical (unpaired) electrons. The molecule has 0 spiro atoms. The monoisotopic (exact) mass is 505 g/mol. The van der Waals surface area contributed by atoms with E-state index in [0.717, 1.165) is 39.1 Å². The normalized spacial score (nSPS) is 11.6. The fourth-order valence-corrected chi connectivity index (χ4v) is 4.83. The Morgan fingerprint density at radius 3 is 2.30 bits per heavy atom. The number of hydrogen-bond donors (Lipinski definition) is 1. The van der Waals surface area contributed by atoms with Gasteiger partial charge < -0.3 is 0 Å². The molecule has 4 aromatic carbocycles. The van der Waals surface area contributed by atoms with Crippen molar-refractivity contribution in [1.82, 2.24) is 20.2 Å². The molecule has 0 fully saturated rings. The molecule has 6 nitrogen and oxygen atoms in total. The van der Waals surface area contributed by atoms with Gasteiger partial charge in [-0.25, -0.2) is 5.43 Å². The zero-order chi connectivity index (χ0) is 25.8. The summed E-state index contributed by atoms with van der Waals surface area (Å²) in [6, 6.07) is 30.6. The van der Waals surface area contributed by atoms with Gasteiger partial charge in [-0.15, -0.1) is 10.2 Å². The summed E-state index contributed by atoms with van der Waals surface area (Å²) in [5, 5.41) is 16.1. The van der Waals surface area contributed by atoms with Crippen LogP contribution in [0.5, 0.6) is 0 Å². The predicted octanol–water partition coefficient (Wildman–Crippen LogP) is 6.34. The molecule has 7 heteroatoms. The second-order valence-corrected chi connectivity index (χ2v) is 9.83. The number of nitrogens with one attached hydrogen (secondary N) is 1. The molecule has 0 aliphatic heterocycles. The first-order valence-electron chi connectivity index (χ1n) is 12.0. The molecule has 1 heterocycles. The van der Waals surface area contributed by atoms with Crippen LogP contribution in [0.2, 0.25) is 0 Å². The van der Waals surface area contributed by atoms with Crippen LogP contribution < -0.4 is 5.43 Å². The molecule has 5 aromatic rings. The molecule has 1 aromatic heterocycles. The molecule has 1 N–H and O–H groups in total. The van der Waals surface area contributed by atoms with Crippen molar-refractivity contribution in [1.29, 1.82) is 0 Å². The smallest absolute Gasteiger partial charge is 0.250 e. The van der Waals surface area contributed by atoms with E-state index in [-0.39, 0.29) is 11.7 Å². The lowest BCUT2D eigenvalue weighted by atomic mass is 10.0. The Labute approximate surface area is 220 Å². The first kappa shape index (κ1) is 24.5. The number of fused-ring (bicyclic) bond motifs is 1. The molecule has 0 saturated carbocycles. The van der Waals surface area contributed by atoms with E-state index in [0.29, 0.717) is 5.16 Å². The lowest BCUT2D eigenvalue weighted by Crippen LogP contribution is -2.21. The van der Waals surface area contributed by atoms with E-state index in [9.17, 15) is 4.79 Å². The van der Waals surface area contributed by atoms with Gasteiger partial charge in [0.2, 0.25) is 0 Å². The molecule has 37 heavy (non-hydrogen) atoms. The minimum absolute atomic E-state index is 0.157. The van der Waals surface area contributed by atoms with E-state index in [4.69, 9.17) is 0 Å². The average molecular weight is 506 g/mol. The van der Waals surface area contributed by atoms with Crippen LogP contribution in [0.3, 0.4) is 0 Å². The summed E-state index contributed by atoms with van der Waals surface area (Å²) in [5.41, 5.74) is 8.69. The SMILES string of the molecule is CC(=NNC(=O)CSc1nnc(-c2ccc(C)cc2)n1-c1ccc(C)cc1)c1cccc2ccccc12. The number of rotatable bonds is 7. The highest BCUT2D eigenvalue weighted by Crippen LogP contribution is 2.28. The molecule has 0 aliphatic carbocycles. The van der Waals surface area contributed by atoms with Crippen molar-refractivity contribution < 1.29 is 4.79 Å². The average Bonchev–Trinajstić information content (AvgIpc) is 3.35. The lowest BCUT2D eigenvalue weighted by molar-refractivity contribution is -0.118. The van der Waals surface area contributed by atoms with E-state index in [1.54, 1.807) is 0 Å². The number of hydrazone groups is 1. The minimum atomic E-state index is -0.208. The number of carbonyl (C=O) groups excluding carboxylic acids is 1. The number of hydrogen-bond acceptors (Lipinski definition) is 5. The second-order valence-electron chi connectivity index (χ2n) is 8.89. The summed E-state index contributed by atoms with van der Waals surface area (Å²) in [5.74, 6) is 0.682. The molecular weight excluding hydrogens is 478 g/mol. The minimum Gasteiger partial charge on any atom is -0.272 e. The Kier molecular flexibility index (Phi) is 7.14. The van der Waals surface area contributed by atoms with Crippen LogP contribution in [0, 0.1) is 13.8 Å². The van der Waals surface area contributed by atoms with Gasteiger partial charge in [0.1, 0.15) is 0 Å². The van der Waals surface area contributed by atoms with E-state index < -0.39 is 0 Å². The highest BCUT2D eigenvalue weighted by atomic mass is 32.2. The topological polar surface area (TPSA) is 72.2 Å². The zero-order valence-electron chi connectivity index (χ0n) is 21.0. The van der Waals surface area contributed by atoms with Crippen molar-refractivity contribution in [3.63, 3.8) is 0 Å². The number of aromatic nitrogens is 3.